The van der Waals surface area contributed by atoms with E-state index in [4.69, 9.17) is 0 Å². The lowest BCUT2D eigenvalue weighted by Gasteiger charge is -2.50. The van der Waals surface area contributed by atoms with Gasteiger partial charge >= 0.3 is 0 Å². The monoisotopic (exact) mass is 220 g/mol. The van der Waals surface area contributed by atoms with Crippen molar-refractivity contribution in [2.45, 2.75) is 49.5 Å². The summed E-state index contributed by atoms with van der Waals surface area (Å²) in [5, 5.41) is 0. The minimum atomic E-state index is -0.127. The first-order chi connectivity index (χ1) is 7.62. The van der Waals surface area contributed by atoms with Crippen molar-refractivity contribution in [2.75, 3.05) is 0 Å². The fourth-order valence-corrected chi connectivity index (χ4v) is 3.50. The summed E-state index contributed by atoms with van der Waals surface area (Å²) < 4.78 is 12.9. The molecule has 0 aliphatic heterocycles. The molecule has 16 heavy (non-hydrogen) atoms. The minimum absolute atomic E-state index is 0.127. The summed E-state index contributed by atoms with van der Waals surface area (Å²) in [6.45, 7) is 0. The molecule has 3 aliphatic rings. The van der Waals surface area contributed by atoms with Crippen molar-refractivity contribution in [1.82, 2.24) is 0 Å². The van der Waals surface area contributed by atoms with Crippen LogP contribution >= 0.6 is 0 Å². The summed E-state index contributed by atoms with van der Waals surface area (Å²) in [7, 11) is 0. The molecule has 0 amide bonds. The maximum atomic E-state index is 12.9. The second-order valence-electron chi connectivity index (χ2n) is 5.79. The van der Waals surface area contributed by atoms with Gasteiger partial charge in [-0.3, -0.25) is 0 Å². The van der Waals surface area contributed by atoms with Crippen LogP contribution in [0.1, 0.15) is 44.1 Å². The molecule has 3 aliphatic carbocycles. The summed E-state index contributed by atoms with van der Waals surface area (Å²) >= 11 is 0. The summed E-state index contributed by atoms with van der Waals surface area (Å²) in [4.78, 5) is 0. The van der Waals surface area contributed by atoms with Crippen molar-refractivity contribution >= 4 is 0 Å². The third-order valence-electron chi connectivity index (χ3n) is 4.86. The molecule has 0 heterocycles. The highest BCUT2D eigenvalue weighted by atomic mass is 19.1. The zero-order chi connectivity index (χ0) is 11.2. The highest BCUT2D eigenvalue weighted by Crippen LogP contribution is 2.51. The number of rotatable bonds is 1. The quantitative estimate of drug-likeness (QED) is 0.752. The molecule has 1 aromatic carbocycles. The van der Waals surface area contributed by atoms with Crippen molar-refractivity contribution in [1.29, 1.82) is 0 Å². The van der Waals surface area contributed by atoms with Crippen LogP contribution in [0.15, 0.2) is 24.3 Å². The van der Waals surface area contributed by atoms with Crippen LogP contribution in [-0.4, -0.2) is 5.54 Å². The number of halogens is 1. The molecule has 1 nitrogen and oxygen atoms in total. The molecule has 1 aromatic rings. The van der Waals surface area contributed by atoms with Crippen molar-refractivity contribution < 1.29 is 10.1 Å². The van der Waals surface area contributed by atoms with Crippen molar-refractivity contribution in [3.63, 3.8) is 0 Å². The standard InChI is InChI=1S/C14H18FN/c15-12-3-1-11(2-4-12)13-5-8-14(16,9-6-13)10-7-13/h1-4H,5-10,16H2/p+1. The molecule has 0 saturated heterocycles. The third-order valence-corrected chi connectivity index (χ3v) is 4.86. The molecule has 3 N–H and O–H groups in total. The van der Waals surface area contributed by atoms with Gasteiger partial charge in [-0.2, -0.15) is 0 Å². The zero-order valence-corrected chi connectivity index (χ0v) is 9.64. The van der Waals surface area contributed by atoms with Gasteiger partial charge < -0.3 is 5.73 Å². The van der Waals surface area contributed by atoms with Crippen LogP contribution in [-0.2, 0) is 5.41 Å². The molecular formula is C14H19FN+. The molecule has 0 unspecified atom stereocenters. The predicted molar refractivity (Wildman–Crippen MR) is 61.4 cm³/mol. The SMILES string of the molecule is [NH3+]C12CCC(c3ccc(F)cc3)(CC1)CC2. The van der Waals surface area contributed by atoms with E-state index in [-0.39, 0.29) is 5.82 Å². The maximum absolute atomic E-state index is 12.9. The zero-order valence-electron chi connectivity index (χ0n) is 9.64. The Balaban J connectivity index is 1.92. The third kappa shape index (κ3) is 1.47. The van der Waals surface area contributed by atoms with Crippen LogP contribution < -0.4 is 5.73 Å². The van der Waals surface area contributed by atoms with Crippen LogP contribution in [0.25, 0.3) is 0 Å². The predicted octanol–water partition coefficient (Wildman–Crippen LogP) is 2.41. The Morgan fingerprint density at radius 2 is 1.38 bits per heavy atom. The summed E-state index contributed by atoms with van der Waals surface area (Å²) in [5.74, 6) is -0.127. The Hall–Kier alpha value is -0.890. The Labute approximate surface area is 95.8 Å². The number of fused-ring (bicyclic) bond motifs is 3. The van der Waals surface area contributed by atoms with E-state index >= 15 is 0 Å². The molecule has 86 valence electrons. The number of quaternary nitrogens is 1. The lowest BCUT2D eigenvalue weighted by Crippen LogP contribution is -2.76. The molecule has 2 bridgehead atoms. The van der Waals surface area contributed by atoms with Crippen molar-refractivity contribution in [2.24, 2.45) is 0 Å². The van der Waals surface area contributed by atoms with Crippen molar-refractivity contribution in [3.05, 3.63) is 35.6 Å². The van der Waals surface area contributed by atoms with E-state index in [1.807, 2.05) is 12.1 Å². The van der Waals surface area contributed by atoms with E-state index in [0.29, 0.717) is 11.0 Å². The molecule has 3 saturated carbocycles. The fourth-order valence-electron chi connectivity index (χ4n) is 3.50. The van der Waals surface area contributed by atoms with E-state index in [1.54, 1.807) is 12.1 Å². The van der Waals surface area contributed by atoms with Crippen LogP contribution in [0.3, 0.4) is 0 Å². The molecule has 0 spiro atoms. The summed E-state index contributed by atoms with van der Waals surface area (Å²) in [6, 6.07) is 7.17. The number of hydrogen-bond acceptors (Lipinski definition) is 0. The van der Waals surface area contributed by atoms with Crippen LogP contribution in [0, 0.1) is 5.82 Å². The van der Waals surface area contributed by atoms with Gasteiger partial charge in [0.25, 0.3) is 0 Å². The Kier molecular flexibility index (Phi) is 2.12. The van der Waals surface area contributed by atoms with Crippen LogP contribution in [0.5, 0.6) is 0 Å². The van der Waals surface area contributed by atoms with Crippen molar-refractivity contribution in [3.8, 4) is 0 Å². The van der Waals surface area contributed by atoms with Gasteiger partial charge in [0.1, 0.15) is 5.82 Å². The topological polar surface area (TPSA) is 27.6 Å². The van der Waals surface area contributed by atoms with E-state index in [0.717, 1.165) is 0 Å². The highest BCUT2D eigenvalue weighted by Gasteiger charge is 2.49. The van der Waals surface area contributed by atoms with Gasteiger partial charge in [0.2, 0.25) is 0 Å². The number of benzene rings is 1. The van der Waals surface area contributed by atoms with Crippen LogP contribution in [0.2, 0.25) is 0 Å². The molecule has 0 radical (unpaired) electrons. The lowest BCUT2D eigenvalue weighted by molar-refractivity contribution is -0.495. The Morgan fingerprint density at radius 3 is 1.88 bits per heavy atom. The normalized spacial score (nSPS) is 37.6. The second kappa shape index (κ2) is 3.30. The maximum Gasteiger partial charge on any atom is 0.123 e. The van der Waals surface area contributed by atoms with Gasteiger partial charge in [-0.05, 0) is 42.4 Å². The summed E-state index contributed by atoms with van der Waals surface area (Å²) in [5.41, 5.74) is 6.41. The molecule has 2 heteroatoms. The molecule has 0 aromatic heterocycles. The first-order valence-electron chi connectivity index (χ1n) is 6.24. The first kappa shape index (κ1) is 10.3. The van der Waals surface area contributed by atoms with Gasteiger partial charge in [-0.15, -0.1) is 0 Å². The lowest BCUT2D eigenvalue weighted by atomic mass is 9.55. The minimum Gasteiger partial charge on any atom is -0.353 e. The fraction of sp³-hybridized carbons (Fsp3) is 0.571. The average molecular weight is 220 g/mol. The highest BCUT2D eigenvalue weighted by molar-refractivity contribution is 5.28. The van der Waals surface area contributed by atoms with Gasteiger partial charge in [0.15, 0.2) is 0 Å². The largest absolute Gasteiger partial charge is 0.353 e. The Morgan fingerprint density at radius 1 is 0.875 bits per heavy atom. The van der Waals surface area contributed by atoms with E-state index in [9.17, 15) is 4.39 Å². The van der Waals surface area contributed by atoms with Gasteiger partial charge in [0, 0.05) is 19.3 Å². The summed E-state index contributed by atoms with van der Waals surface area (Å²) in [6.07, 6.45) is 7.44. The average Bonchev–Trinajstić information content (AvgIpc) is 2.31. The van der Waals surface area contributed by atoms with E-state index in [1.165, 1.54) is 44.1 Å². The number of hydrogen-bond donors (Lipinski definition) is 1. The first-order valence-corrected chi connectivity index (χ1v) is 6.24. The molecule has 3 fully saturated rings. The molecule has 0 atom stereocenters. The van der Waals surface area contributed by atoms with E-state index in [2.05, 4.69) is 5.73 Å². The van der Waals surface area contributed by atoms with Crippen LogP contribution in [0.4, 0.5) is 4.39 Å². The Bertz CT molecular complexity index is 371. The van der Waals surface area contributed by atoms with Gasteiger partial charge in [0.05, 0.1) is 5.54 Å². The smallest absolute Gasteiger partial charge is 0.123 e. The van der Waals surface area contributed by atoms with Gasteiger partial charge in [-0.1, -0.05) is 12.1 Å². The molecular weight excluding hydrogens is 201 g/mol. The van der Waals surface area contributed by atoms with Gasteiger partial charge in [-0.25, -0.2) is 4.39 Å². The molecule has 4 rings (SSSR count). The second-order valence-corrected chi connectivity index (χ2v) is 5.79. The van der Waals surface area contributed by atoms with E-state index < -0.39 is 0 Å².